The predicted molar refractivity (Wildman–Crippen MR) is 57.6 cm³/mol. The molecular formula is C9H11N3OS. The van der Waals surface area contributed by atoms with Gasteiger partial charge in [-0.3, -0.25) is 9.36 Å². The molecule has 1 unspecified atom stereocenters. The van der Waals surface area contributed by atoms with Gasteiger partial charge in [-0.05, 0) is 18.4 Å². The lowest BCUT2D eigenvalue weighted by Crippen LogP contribution is -2.27. The molecule has 0 saturated carbocycles. The van der Waals surface area contributed by atoms with Crippen LogP contribution in [-0.4, -0.2) is 16.1 Å². The van der Waals surface area contributed by atoms with Crippen molar-refractivity contribution in [3.05, 3.63) is 28.1 Å². The van der Waals surface area contributed by atoms with Crippen molar-refractivity contribution in [2.45, 2.75) is 13.0 Å². The molecule has 2 N–H and O–H groups in total. The van der Waals surface area contributed by atoms with Crippen LogP contribution in [0, 0.1) is 0 Å². The number of hydrogen-bond donors (Lipinski definition) is 1. The Kier molecular flexibility index (Phi) is 2.35. The molecule has 74 valence electrons. The Labute approximate surface area is 85.0 Å². The van der Waals surface area contributed by atoms with Crippen molar-refractivity contribution in [3.8, 4) is 0 Å². The molecule has 1 atom stereocenters. The smallest absolute Gasteiger partial charge is 0.262 e. The lowest BCUT2D eigenvalue weighted by atomic mass is 10.3. The molecule has 2 rings (SSSR count). The molecule has 0 aliphatic carbocycles. The molecule has 14 heavy (non-hydrogen) atoms. The van der Waals surface area contributed by atoms with Gasteiger partial charge in [-0.2, -0.15) is 0 Å². The second kappa shape index (κ2) is 3.51. The lowest BCUT2D eigenvalue weighted by Gasteiger charge is -2.11. The van der Waals surface area contributed by atoms with E-state index in [9.17, 15) is 4.79 Å². The van der Waals surface area contributed by atoms with E-state index in [4.69, 9.17) is 5.73 Å². The largest absolute Gasteiger partial charge is 0.328 e. The van der Waals surface area contributed by atoms with Gasteiger partial charge in [0.1, 0.15) is 4.83 Å². The van der Waals surface area contributed by atoms with E-state index in [0.29, 0.717) is 11.9 Å². The molecule has 0 amide bonds. The highest BCUT2D eigenvalue weighted by molar-refractivity contribution is 7.16. The quantitative estimate of drug-likeness (QED) is 0.802. The van der Waals surface area contributed by atoms with Gasteiger partial charge in [0.15, 0.2) is 0 Å². The zero-order chi connectivity index (χ0) is 10.1. The molecule has 0 aliphatic heterocycles. The minimum absolute atomic E-state index is 0.000648. The first-order chi connectivity index (χ1) is 6.74. The standard InChI is InChI=1S/C9H11N3OS/c1-6(4-10)12-5-11-8-7(9(12)13)2-3-14-8/h2-3,5-6H,4,10H2,1H3. The van der Waals surface area contributed by atoms with Gasteiger partial charge in [-0.25, -0.2) is 4.98 Å². The predicted octanol–water partition coefficient (Wildman–Crippen LogP) is 0.978. The van der Waals surface area contributed by atoms with Crippen molar-refractivity contribution in [1.82, 2.24) is 9.55 Å². The Morgan fingerprint density at radius 1 is 1.71 bits per heavy atom. The second-order valence-corrected chi connectivity index (χ2v) is 4.08. The maximum atomic E-state index is 11.9. The maximum Gasteiger partial charge on any atom is 0.262 e. The number of nitrogens with two attached hydrogens (primary N) is 1. The summed E-state index contributed by atoms with van der Waals surface area (Å²) in [7, 11) is 0. The summed E-state index contributed by atoms with van der Waals surface area (Å²) in [6, 6.07) is 1.80. The highest BCUT2D eigenvalue weighted by Gasteiger charge is 2.08. The Hall–Kier alpha value is -1.20. The summed E-state index contributed by atoms with van der Waals surface area (Å²) in [5.74, 6) is 0. The monoisotopic (exact) mass is 209 g/mol. The van der Waals surface area contributed by atoms with E-state index < -0.39 is 0 Å². The van der Waals surface area contributed by atoms with Crippen molar-refractivity contribution in [2.24, 2.45) is 5.73 Å². The van der Waals surface area contributed by atoms with Gasteiger partial charge in [0, 0.05) is 12.6 Å². The third kappa shape index (κ3) is 1.34. The number of nitrogens with zero attached hydrogens (tertiary/aromatic N) is 2. The van der Waals surface area contributed by atoms with Crippen molar-refractivity contribution in [3.63, 3.8) is 0 Å². The van der Waals surface area contributed by atoms with Gasteiger partial charge in [0.2, 0.25) is 0 Å². The molecular weight excluding hydrogens is 198 g/mol. The molecule has 0 fully saturated rings. The summed E-state index contributed by atoms with van der Waals surface area (Å²) in [4.78, 5) is 16.8. The van der Waals surface area contributed by atoms with E-state index in [2.05, 4.69) is 4.98 Å². The van der Waals surface area contributed by atoms with E-state index >= 15 is 0 Å². The van der Waals surface area contributed by atoms with E-state index in [-0.39, 0.29) is 11.6 Å². The molecule has 2 aromatic rings. The number of thiophene rings is 1. The molecule has 0 radical (unpaired) electrons. The highest BCUT2D eigenvalue weighted by atomic mass is 32.1. The van der Waals surface area contributed by atoms with Crippen molar-refractivity contribution >= 4 is 21.6 Å². The molecule has 0 saturated heterocycles. The Bertz CT molecular complexity index is 502. The summed E-state index contributed by atoms with van der Waals surface area (Å²) in [6.45, 7) is 2.35. The summed E-state index contributed by atoms with van der Waals surface area (Å²) in [5.41, 5.74) is 5.50. The minimum atomic E-state index is -0.00537. The van der Waals surface area contributed by atoms with Gasteiger partial charge in [0.05, 0.1) is 11.7 Å². The van der Waals surface area contributed by atoms with Crippen LogP contribution < -0.4 is 11.3 Å². The van der Waals surface area contributed by atoms with E-state index in [1.165, 1.54) is 11.3 Å². The molecule has 5 heteroatoms. The van der Waals surface area contributed by atoms with Crippen molar-refractivity contribution in [2.75, 3.05) is 6.54 Å². The van der Waals surface area contributed by atoms with Crippen LogP contribution >= 0.6 is 11.3 Å². The Morgan fingerprint density at radius 2 is 2.50 bits per heavy atom. The Balaban J connectivity index is 2.68. The van der Waals surface area contributed by atoms with Crippen molar-refractivity contribution < 1.29 is 0 Å². The average molecular weight is 209 g/mol. The summed E-state index contributed by atoms with van der Waals surface area (Å²) < 4.78 is 1.58. The van der Waals surface area contributed by atoms with Crippen LogP contribution in [0.3, 0.4) is 0 Å². The van der Waals surface area contributed by atoms with E-state index in [1.54, 1.807) is 17.0 Å². The van der Waals surface area contributed by atoms with Gasteiger partial charge in [-0.15, -0.1) is 11.3 Å². The SMILES string of the molecule is CC(CN)n1cnc2sccc2c1=O. The summed E-state index contributed by atoms with van der Waals surface area (Å²) in [5, 5.41) is 2.55. The van der Waals surface area contributed by atoms with Crippen LogP contribution in [0.5, 0.6) is 0 Å². The molecule has 0 bridgehead atoms. The van der Waals surface area contributed by atoms with Crippen LogP contribution in [0.15, 0.2) is 22.6 Å². The molecule has 0 spiro atoms. The summed E-state index contributed by atoms with van der Waals surface area (Å²) >= 11 is 1.47. The van der Waals surface area contributed by atoms with Crippen LogP contribution in [-0.2, 0) is 0 Å². The zero-order valence-corrected chi connectivity index (χ0v) is 8.62. The minimum Gasteiger partial charge on any atom is -0.328 e. The van der Waals surface area contributed by atoms with Crippen LogP contribution in [0.1, 0.15) is 13.0 Å². The van der Waals surface area contributed by atoms with Crippen LogP contribution in [0.4, 0.5) is 0 Å². The molecule has 0 aromatic carbocycles. The van der Waals surface area contributed by atoms with Crippen LogP contribution in [0.2, 0.25) is 0 Å². The first-order valence-corrected chi connectivity index (χ1v) is 5.26. The maximum absolute atomic E-state index is 11.9. The number of aromatic nitrogens is 2. The van der Waals surface area contributed by atoms with Gasteiger partial charge in [0.25, 0.3) is 5.56 Å². The number of fused-ring (bicyclic) bond motifs is 1. The fraction of sp³-hybridized carbons (Fsp3) is 0.333. The highest BCUT2D eigenvalue weighted by Crippen LogP contribution is 2.14. The van der Waals surface area contributed by atoms with Gasteiger partial charge < -0.3 is 5.73 Å². The summed E-state index contributed by atoms with van der Waals surface area (Å²) in [6.07, 6.45) is 1.57. The number of rotatable bonds is 2. The third-order valence-corrected chi connectivity index (χ3v) is 3.05. The fourth-order valence-corrected chi connectivity index (χ4v) is 2.02. The molecule has 0 aliphatic rings. The molecule has 4 nitrogen and oxygen atoms in total. The third-order valence-electron chi connectivity index (χ3n) is 2.23. The van der Waals surface area contributed by atoms with Crippen LogP contribution in [0.25, 0.3) is 10.2 Å². The fourth-order valence-electron chi connectivity index (χ4n) is 1.30. The molecule has 2 aromatic heterocycles. The van der Waals surface area contributed by atoms with Gasteiger partial charge in [-0.1, -0.05) is 0 Å². The topological polar surface area (TPSA) is 60.9 Å². The van der Waals surface area contributed by atoms with Crippen molar-refractivity contribution in [1.29, 1.82) is 0 Å². The van der Waals surface area contributed by atoms with Gasteiger partial charge >= 0.3 is 0 Å². The number of hydrogen-bond acceptors (Lipinski definition) is 4. The first-order valence-electron chi connectivity index (χ1n) is 4.38. The average Bonchev–Trinajstić information content (AvgIpc) is 2.66. The second-order valence-electron chi connectivity index (χ2n) is 3.18. The zero-order valence-electron chi connectivity index (χ0n) is 7.80. The first kappa shape index (κ1) is 9.36. The van der Waals surface area contributed by atoms with E-state index in [0.717, 1.165) is 4.83 Å². The Morgan fingerprint density at radius 3 is 3.21 bits per heavy atom. The lowest BCUT2D eigenvalue weighted by molar-refractivity contribution is 0.536. The van der Waals surface area contributed by atoms with E-state index in [1.807, 2.05) is 12.3 Å². The molecule has 2 heterocycles. The normalized spacial score (nSPS) is 13.3.